The highest BCUT2D eigenvalue weighted by atomic mass is 16.5. The summed E-state index contributed by atoms with van der Waals surface area (Å²) in [6.07, 6.45) is 2.14. The molecule has 3 aromatic rings. The smallest absolute Gasteiger partial charge is 0.338 e. The molecule has 5 rings (SSSR count). The summed E-state index contributed by atoms with van der Waals surface area (Å²) < 4.78 is 5.22. The largest absolute Gasteiger partial charge is 0.452 e. The average molecular weight is 511 g/mol. The molecule has 3 amide bonds. The molecule has 0 unspecified atom stereocenters. The van der Waals surface area contributed by atoms with E-state index >= 15 is 0 Å². The Bertz CT molecular complexity index is 1400. The second kappa shape index (κ2) is 10.6. The molecule has 7 nitrogen and oxygen atoms in total. The molecule has 38 heavy (non-hydrogen) atoms. The number of nitrogens with one attached hydrogen (secondary N) is 1. The van der Waals surface area contributed by atoms with E-state index in [1.165, 1.54) is 22.6 Å². The van der Waals surface area contributed by atoms with E-state index in [9.17, 15) is 19.2 Å². The topological polar surface area (TPSA) is 92.8 Å². The number of imide groups is 1. The summed E-state index contributed by atoms with van der Waals surface area (Å²) in [4.78, 5) is 52.9. The van der Waals surface area contributed by atoms with Crippen molar-refractivity contribution in [3.05, 3.63) is 95.1 Å². The summed E-state index contributed by atoms with van der Waals surface area (Å²) in [6, 6.07) is 22.0. The van der Waals surface area contributed by atoms with Gasteiger partial charge < -0.3 is 10.1 Å². The quantitative estimate of drug-likeness (QED) is 0.365. The lowest BCUT2D eigenvalue weighted by molar-refractivity contribution is -0.122. The molecule has 7 heteroatoms. The minimum atomic E-state index is -0.705. The van der Waals surface area contributed by atoms with Crippen LogP contribution in [0.2, 0.25) is 0 Å². The van der Waals surface area contributed by atoms with Crippen molar-refractivity contribution in [3.8, 4) is 0 Å². The van der Waals surface area contributed by atoms with Crippen LogP contribution >= 0.6 is 0 Å². The zero-order chi connectivity index (χ0) is 26.8. The summed E-state index contributed by atoms with van der Waals surface area (Å²) in [5.74, 6) is -2.07. The molecule has 1 saturated carbocycles. The molecule has 0 radical (unpaired) electrons. The zero-order valence-corrected chi connectivity index (χ0v) is 21.5. The van der Waals surface area contributed by atoms with Crippen LogP contribution in [0.5, 0.6) is 0 Å². The second-order valence-electron chi connectivity index (χ2n) is 10.1. The maximum absolute atomic E-state index is 13.4. The van der Waals surface area contributed by atoms with Crippen LogP contribution < -0.4 is 10.2 Å². The molecule has 0 spiro atoms. The fourth-order valence-electron chi connectivity index (χ4n) is 5.59. The van der Waals surface area contributed by atoms with E-state index in [0.29, 0.717) is 24.2 Å². The van der Waals surface area contributed by atoms with Crippen LogP contribution in [0.25, 0.3) is 0 Å². The van der Waals surface area contributed by atoms with Crippen molar-refractivity contribution in [1.82, 2.24) is 0 Å². The van der Waals surface area contributed by atoms with Crippen LogP contribution in [0, 0.1) is 25.7 Å². The van der Waals surface area contributed by atoms with Gasteiger partial charge in [0.1, 0.15) is 0 Å². The Morgan fingerprint density at radius 3 is 2.42 bits per heavy atom. The lowest BCUT2D eigenvalue weighted by Gasteiger charge is -2.28. The van der Waals surface area contributed by atoms with Crippen molar-refractivity contribution < 1.29 is 23.9 Å². The van der Waals surface area contributed by atoms with Crippen LogP contribution in [0.1, 0.15) is 52.2 Å². The van der Waals surface area contributed by atoms with Crippen LogP contribution in [-0.2, 0) is 19.1 Å². The van der Waals surface area contributed by atoms with Crippen LogP contribution in [-0.4, -0.2) is 30.3 Å². The Hall–Kier alpha value is -4.26. The number of carbonyl (C=O) groups excluding carboxylic acids is 4. The van der Waals surface area contributed by atoms with Gasteiger partial charge in [0.2, 0.25) is 11.8 Å². The van der Waals surface area contributed by atoms with Crippen LogP contribution in [0.3, 0.4) is 0 Å². The highest BCUT2D eigenvalue weighted by Crippen LogP contribution is 2.45. The molecular weight excluding hydrogens is 480 g/mol. The first kappa shape index (κ1) is 25.4. The lowest BCUT2D eigenvalue weighted by Crippen LogP contribution is -2.31. The van der Waals surface area contributed by atoms with E-state index in [1.807, 2.05) is 44.2 Å². The van der Waals surface area contributed by atoms with Gasteiger partial charge in [0.15, 0.2) is 6.61 Å². The standard InChI is InChI=1S/C31H30N2O5/c1-19-11-14-27(20(2)15-19)32-28(34)18-38-31(37)23-9-6-10-24(16-23)33-29(35)25-13-12-22(17-26(25)30(33)36)21-7-4-3-5-8-21/h3-11,14-16,22,25-26H,12-13,17-18H2,1-2H3,(H,32,34)/t22-,25-,26+/m1/s1. The second-order valence-corrected chi connectivity index (χ2v) is 10.1. The van der Waals surface area contributed by atoms with E-state index in [2.05, 4.69) is 17.4 Å². The fraction of sp³-hybridized carbons (Fsp3) is 0.290. The van der Waals surface area contributed by atoms with Gasteiger partial charge in [-0.15, -0.1) is 0 Å². The van der Waals surface area contributed by atoms with Crippen molar-refractivity contribution >= 4 is 35.1 Å². The van der Waals surface area contributed by atoms with Crippen molar-refractivity contribution in [2.75, 3.05) is 16.8 Å². The number of esters is 1. The minimum absolute atomic E-state index is 0.166. The molecule has 0 bridgehead atoms. The maximum atomic E-state index is 13.4. The highest BCUT2D eigenvalue weighted by Gasteiger charge is 2.50. The number of benzene rings is 3. The molecule has 3 aromatic carbocycles. The number of nitrogens with zero attached hydrogens (tertiary/aromatic N) is 1. The van der Waals surface area contributed by atoms with Crippen molar-refractivity contribution in [2.24, 2.45) is 11.8 Å². The molecule has 1 aliphatic carbocycles. The van der Waals surface area contributed by atoms with E-state index < -0.39 is 18.5 Å². The van der Waals surface area contributed by atoms with E-state index in [1.54, 1.807) is 18.2 Å². The number of amides is 3. The third kappa shape index (κ3) is 5.09. The summed E-state index contributed by atoms with van der Waals surface area (Å²) in [6.45, 7) is 3.40. The third-order valence-corrected chi connectivity index (χ3v) is 7.53. The summed E-state index contributed by atoms with van der Waals surface area (Å²) in [5, 5.41) is 2.74. The fourth-order valence-corrected chi connectivity index (χ4v) is 5.59. The average Bonchev–Trinajstić information content (AvgIpc) is 3.18. The van der Waals surface area contributed by atoms with Gasteiger partial charge in [-0.1, -0.05) is 54.1 Å². The third-order valence-electron chi connectivity index (χ3n) is 7.53. The first-order chi connectivity index (χ1) is 18.3. The molecule has 1 saturated heterocycles. The number of fused-ring (bicyclic) bond motifs is 1. The predicted octanol–water partition coefficient (Wildman–Crippen LogP) is 5.17. The SMILES string of the molecule is Cc1ccc(NC(=O)COC(=O)c2cccc(N3C(=O)[C@H]4C[C@H](c5ccccc5)CC[C@H]4C3=O)c2)c(C)c1. The Labute approximate surface area is 221 Å². The van der Waals surface area contributed by atoms with Crippen molar-refractivity contribution in [1.29, 1.82) is 0 Å². The number of hydrogen-bond donors (Lipinski definition) is 1. The van der Waals surface area contributed by atoms with Gasteiger partial charge in [-0.3, -0.25) is 19.3 Å². The Balaban J connectivity index is 1.24. The maximum Gasteiger partial charge on any atom is 0.338 e. The Morgan fingerprint density at radius 2 is 1.66 bits per heavy atom. The van der Waals surface area contributed by atoms with E-state index in [0.717, 1.165) is 17.5 Å². The number of carbonyl (C=O) groups is 4. The number of aryl methyl sites for hydroxylation is 2. The Morgan fingerprint density at radius 1 is 0.895 bits per heavy atom. The normalized spacial score (nSPS) is 20.7. The van der Waals surface area contributed by atoms with Gasteiger partial charge in [-0.2, -0.15) is 0 Å². The lowest BCUT2D eigenvalue weighted by atomic mass is 9.73. The number of anilines is 2. The highest BCUT2D eigenvalue weighted by molar-refractivity contribution is 6.22. The van der Waals surface area contributed by atoms with E-state index in [4.69, 9.17) is 4.74 Å². The molecule has 2 fully saturated rings. The zero-order valence-electron chi connectivity index (χ0n) is 21.5. The number of hydrogen-bond acceptors (Lipinski definition) is 5. The van der Waals surface area contributed by atoms with Gasteiger partial charge in [0.25, 0.3) is 5.91 Å². The van der Waals surface area contributed by atoms with Crippen LogP contribution in [0.15, 0.2) is 72.8 Å². The minimum Gasteiger partial charge on any atom is -0.452 e. The molecule has 3 atom stereocenters. The van der Waals surface area contributed by atoms with Gasteiger partial charge in [0.05, 0.1) is 23.1 Å². The Kier molecular flexibility index (Phi) is 7.09. The van der Waals surface area contributed by atoms with Crippen molar-refractivity contribution in [3.63, 3.8) is 0 Å². The van der Waals surface area contributed by atoms with Gasteiger partial charge in [-0.25, -0.2) is 4.79 Å². The summed E-state index contributed by atoms with van der Waals surface area (Å²) >= 11 is 0. The number of ether oxygens (including phenoxy) is 1. The van der Waals surface area contributed by atoms with E-state index in [-0.39, 0.29) is 35.1 Å². The van der Waals surface area contributed by atoms with Crippen LogP contribution in [0.4, 0.5) is 11.4 Å². The molecule has 1 aliphatic heterocycles. The molecule has 2 aliphatic rings. The molecular formula is C31H30N2O5. The first-order valence-corrected chi connectivity index (χ1v) is 12.9. The van der Waals surface area contributed by atoms with Gasteiger partial charge >= 0.3 is 5.97 Å². The molecule has 194 valence electrons. The van der Waals surface area contributed by atoms with Crippen molar-refractivity contribution in [2.45, 2.75) is 39.0 Å². The molecule has 1 heterocycles. The summed E-state index contributed by atoms with van der Waals surface area (Å²) in [7, 11) is 0. The monoisotopic (exact) mass is 510 g/mol. The molecule has 1 N–H and O–H groups in total. The predicted molar refractivity (Wildman–Crippen MR) is 144 cm³/mol. The molecule has 0 aromatic heterocycles. The van der Waals surface area contributed by atoms with Gasteiger partial charge in [0, 0.05) is 5.69 Å². The van der Waals surface area contributed by atoms with Gasteiger partial charge in [-0.05, 0) is 74.4 Å². The summed E-state index contributed by atoms with van der Waals surface area (Å²) in [5.41, 5.74) is 4.35. The number of rotatable bonds is 6. The first-order valence-electron chi connectivity index (χ1n) is 12.9.